The van der Waals surface area contributed by atoms with E-state index in [0.717, 1.165) is 12.8 Å². The van der Waals surface area contributed by atoms with Gasteiger partial charge in [0.1, 0.15) is 0 Å². The van der Waals surface area contributed by atoms with Gasteiger partial charge in [-0.25, -0.2) is 0 Å². The average Bonchev–Trinajstić information content (AvgIpc) is 2.72. The number of rotatable bonds is 6. The Hall–Kier alpha value is -0.380. The predicted octanol–water partition coefficient (Wildman–Crippen LogP) is 3.52. The number of thiophene rings is 1. The van der Waals surface area contributed by atoms with Crippen LogP contribution in [-0.4, -0.2) is 19.8 Å². The Balaban J connectivity index is 3.04. The zero-order chi connectivity index (χ0) is 12.2. The molecular weight excluding hydrogens is 218 g/mol. The zero-order valence-electron chi connectivity index (χ0n) is 11.0. The van der Waals surface area contributed by atoms with Gasteiger partial charge >= 0.3 is 0 Å². The van der Waals surface area contributed by atoms with Crippen LogP contribution >= 0.6 is 11.3 Å². The lowest BCUT2D eigenvalue weighted by atomic mass is 9.85. The molecule has 92 valence electrons. The number of methoxy groups -OCH3 is 1. The van der Waals surface area contributed by atoms with Gasteiger partial charge < -0.3 is 10.1 Å². The predicted molar refractivity (Wildman–Crippen MR) is 71.2 cm³/mol. The molecule has 1 aromatic heterocycles. The van der Waals surface area contributed by atoms with Crippen molar-refractivity contribution in [2.45, 2.75) is 45.3 Å². The molecule has 1 atom stereocenters. The molecule has 0 bridgehead atoms. The molecule has 1 unspecified atom stereocenters. The van der Waals surface area contributed by atoms with E-state index in [1.54, 1.807) is 11.3 Å². The second kappa shape index (κ2) is 5.80. The maximum atomic E-state index is 5.80. The second-order valence-electron chi connectivity index (χ2n) is 4.19. The van der Waals surface area contributed by atoms with E-state index in [1.807, 2.05) is 14.2 Å². The SMILES string of the molecule is CCC(CC)(OC)C(NC)c1csc(C)c1. The van der Waals surface area contributed by atoms with Crippen LogP contribution in [0.1, 0.15) is 43.2 Å². The van der Waals surface area contributed by atoms with Crippen LogP contribution < -0.4 is 5.32 Å². The molecule has 0 radical (unpaired) electrons. The van der Waals surface area contributed by atoms with E-state index in [1.165, 1.54) is 10.4 Å². The molecule has 0 saturated heterocycles. The van der Waals surface area contributed by atoms with Crippen LogP contribution in [0.5, 0.6) is 0 Å². The molecule has 0 saturated carbocycles. The number of nitrogens with one attached hydrogen (secondary N) is 1. The summed E-state index contributed by atoms with van der Waals surface area (Å²) in [6.45, 7) is 6.53. The van der Waals surface area contributed by atoms with Crippen molar-refractivity contribution in [1.82, 2.24) is 5.32 Å². The molecule has 1 heterocycles. The number of likely N-dealkylation sites (N-methyl/N-ethyl adjacent to an activating group) is 1. The lowest BCUT2D eigenvalue weighted by molar-refractivity contribution is -0.0466. The molecule has 16 heavy (non-hydrogen) atoms. The van der Waals surface area contributed by atoms with Crippen molar-refractivity contribution in [3.63, 3.8) is 0 Å². The fraction of sp³-hybridized carbons (Fsp3) is 0.692. The van der Waals surface area contributed by atoms with Crippen LogP contribution in [0.15, 0.2) is 11.4 Å². The van der Waals surface area contributed by atoms with Crippen molar-refractivity contribution < 1.29 is 4.74 Å². The molecule has 3 heteroatoms. The van der Waals surface area contributed by atoms with Crippen LogP contribution in [0.4, 0.5) is 0 Å². The number of hydrogen-bond acceptors (Lipinski definition) is 3. The topological polar surface area (TPSA) is 21.3 Å². The molecule has 1 rings (SSSR count). The minimum absolute atomic E-state index is 0.0950. The van der Waals surface area contributed by atoms with Crippen molar-refractivity contribution in [3.8, 4) is 0 Å². The first kappa shape index (κ1) is 13.7. The summed E-state index contributed by atoms with van der Waals surface area (Å²) in [5.41, 5.74) is 1.25. The van der Waals surface area contributed by atoms with Crippen LogP contribution in [0.2, 0.25) is 0 Å². The molecular formula is C13H23NOS. The fourth-order valence-corrected chi connectivity index (χ4v) is 3.14. The minimum Gasteiger partial charge on any atom is -0.376 e. The third kappa shape index (κ3) is 2.47. The molecule has 1 N–H and O–H groups in total. The molecule has 0 amide bonds. The van der Waals surface area contributed by atoms with Crippen molar-refractivity contribution in [2.24, 2.45) is 0 Å². The van der Waals surface area contributed by atoms with Crippen molar-refractivity contribution in [3.05, 3.63) is 21.9 Å². The van der Waals surface area contributed by atoms with Gasteiger partial charge in [-0.05, 0) is 43.8 Å². The smallest absolute Gasteiger partial charge is 0.0867 e. The molecule has 0 fully saturated rings. The first-order valence-electron chi connectivity index (χ1n) is 5.91. The minimum atomic E-state index is -0.0950. The second-order valence-corrected chi connectivity index (χ2v) is 5.30. The van der Waals surface area contributed by atoms with Crippen LogP contribution in [0.25, 0.3) is 0 Å². The van der Waals surface area contributed by atoms with E-state index in [-0.39, 0.29) is 11.6 Å². The lowest BCUT2D eigenvalue weighted by Gasteiger charge is -2.38. The maximum absolute atomic E-state index is 5.80. The summed E-state index contributed by atoms with van der Waals surface area (Å²) in [6, 6.07) is 2.53. The normalized spacial score (nSPS) is 14.1. The van der Waals surface area contributed by atoms with Gasteiger partial charge in [-0.15, -0.1) is 11.3 Å². The summed E-state index contributed by atoms with van der Waals surface area (Å²) in [6.07, 6.45) is 2.03. The van der Waals surface area contributed by atoms with Gasteiger partial charge in [0, 0.05) is 12.0 Å². The van der Waals surface area contributed by atoms with Crippen molar-refractivity contribution >= 4 is 11.3 Å². The van der Waals surface area contributed by atoms with E-state index >= 15 is 0 Å². The Bertz CT molecular complexity index is 309. The average molecular weight is 241 g/mol. The Morgan fingerprint density at radius 1 is 1.44 bits per heavy atom. The fourth-order valence-electron chi connectivity index (χ4n) is 2.41. The highest BCUT2D eigenvalue weighted by Gasteiger charge is 2.36. The van der Waals surface area contributed by atoms with Gasteiger partial charge in [-0.3, -0.25) is 0 Å². The maximum Gasteiger partial charge on any atom is 0.0867 e. The van der Waals surface area contributed by atoms with Crippen molar-refractivity contribution in [2.75, 3.05) is 14.2 Å². The van der Waals surface area contributed by atoms with E-state index in [9.17, 15) is 0 Å². The highest BCUT2D eigenvalue weighted by Crippen LogP contribution is 2.36. The summed E-state index contributed by atoms with van der Waals surface area (Å²) in [7, 11) is 3.83. The Morgan fingerprint density at radius 3 is 2.38 bits per heavy atom. The summed E-state index contributed by atoms with van der Waals surface area (Å²) in [5.74, 6) is 0. The van der Waals surface area contributed by atoms with Gasteiger partial charge in [-0.2, -0.15) is 0 Å². The summed E-state index contributed by atoms with van der Waals surface area (Å²) < 4.78 is 5.80. The largest absolute Gasteiger partial charge is 0.376 e. The van der Waals surface area contributed by atoms with Crippen molar-refractivity contribution in [1.29, 1.82) is 0 Å². The van der Waals surface area contributed by atoms with Crippen LogP contribution in [0.3, 0.4) is 0 Å². The van der Waals surface area contributed by atoms with E-state index in [2.05, 4.69) is 37.5 Å². The van der Waals surface area contributed by atoms with Gasteiger partial charge in [0.2, 0.25) is 0 Å². The molecule has 2 nitrogen and oxygen atoms in total. The number of ether oxygens (including phenoxy) is 1. The van der Waals surface area contributed by atoms with E-state index < -0.39 is 0 Å². The molecule has 0 spiro atoms. The van der Waals surface area contributed by atoms with Gasteiger partial charge in [-0.1, -0.05) is 13.8 Å². The third-order valence-corrected chi connectivity index (χ3v) is 4.38. The molecule has 0 aliphatic rings. The highest BCUT2D eigenvalue weighted by molar-refractivity contribution is 7.10. The quantitative estimate of drug-likeness (QED) is 0.822. The highest BCUT2D eigenvalue weighted by atomic mass is 32.1. The Labute approximate surface area is 103 Å². The summed E-state index contributed by atoms with van der Waals surface area (Å²) in [4.78, 5) is 1.35. The Kier molecular flexibility index (Phi) is 4.96. The number of aryl methyl sites for hydroxylation is 1. The van der Waals surface area contributed by atoms with Gasteiger partial charge in [0.15, 0.2) is 0 Å². The molecule has 0 aliphatic carbocycles. The molecule has 0 aromatic carbocycles. The van der Waals surface area contributed by atoms with Gasteiger partial charge in [0.25, 0.3) is 0 Å². The van der Waals surface area contributed by atoms with E-state index in [4.69, 9.17) is 4.74 Å². The lowest BCUT2D eigenvalue weighted by Crippen LogP contribution is -2.43. The summed E-state index contributed by atoms with van der Waals surface area (Å²) in [5, 5.41) is 5.64. The molecule has 0 aliphatic heterocycles. The third-order valence-electron chi connectivity index (χ3n) is 3.50. The van der Waals surface area contributed by atoms with Crippen LogP contribution in [0, 0.1) is 6.92 Å². The first-order valence-corrected chi connectivity index (χ1v) is 6.79. The Morgan fingerprint density at radius 2 is 2.06 bits per heavy atom. The first-order chi connectivity index (χ1) is 7.63. The summed E-state index contributed by atoms with van der Waals surface area (Å²) >= 11 is 1.80. The van der Waals surface area contributed by atoms with E-state index in [0.29, 0.717) is 0 Å². The monoisotopic (exact) mass is 241 g/mol. The van der Waals surface area contributed by atoms with Gasteiger partial charge in [0.05, 0.1) is 11.6 Å². The molecule has 1 aromatic rings. The zero-order valence-corrected chi connectivity index (χ0v) is 11.8. The standard InChI is InChI=1S/C13H23NOS/c1-6-13(7-2,15-5)12(14-4)11-8-10(3)16-9-11/h8-9,12,14H,6-7H2,1-5H3. The van der Waals surface area contributed by atoms with Crippen LogP contribution in [-0.2, 0) is 4.74 Å². The number of hydrogen-bond donors (Lipinski definition) is 1.